The third-order valence-electron chi connectivity index (χ3n) is 2.91. The van der Waals surface area contributed by atoms with E-state index in [1.165, 1.54) is 24.3 Å². The number of carbonyl (C=O) groups is 2. The Kier molecular flexibility index (Phi) is 6.60. The molecule has 0 fully saturated rings. The number of benzene rings is 2. The highest BCUT2D eigenvalue weighted by molar-refractivity contribution is 7.49. The highest BCUT2D eigenvalue weighted by atomic mass is 31.2. The quantitative estimate of drug-likeness (QED) is 0.570. The summed E-state index contributed by atoms with van der Waals surface area (Å²) in [6.07, 6.45) is 2.17. The Morgan fingerprint density at radius 2 is 1.27 bits per heavy atom. The lowest BCUT2D eigenvalue weighted by Gasteiger charge is -2.14. The van der Waals surface area contributed by atoms with E-state index in [0.717, 1.165) is 0 Å². The molecule has 0 aromatic heterocycles. The predicted molar refractivity (Wildman–Crippen MR) is 95.0 cm³/mol. The van der Waals surface area contributed by atoms with Crippen LogP contribution in [0.1, 0.15) is 34.6 Å². The molecule has 0 aliphatic carbocycles. The standard InChI is InChI=1S/C19H17O6P/c1-15(2)13-14-23-26(22,24-18(20)16-9-5-3-6-10-16)25-19(21)17-11-7-4-8-12-17/h3-12,15H,1-2H3. The maximum Gasteiger partial charge on any atom is 0.660 e. The van der Waals surface area contributed by atoms with Gasteiger partial charge in [-0.15, -0.1) is 0 Å². The molecule has 7 heteroatoms. The van der Waals surface area contributed by atoms with Gasteiger partial charge >= 0.3 is 19.8 Å². The molecular formula is C19H17O6P. The van der Waals surface area contributed by atoms with E-state index < -0.39 is 19.8 Å². The second kappa shape index (κ2) is 8.89. The van der Waals surface area contributed by atoms with Gasteiger partial charge in [-0.25, -0.2) is 9.59 Å². The second-order valence-corrected chi connectivity index (χ2v) is 6.87. The molecule has 0 aliphatic rings. The maximum atomic E-state index is 12.8. The van der Waals surface area contributed by atoms with Gasteiger partial charge in [-0.1, -0.05) is 56.2 Å². The topological polar surface area (TPSA) is 78.9 Å². The number of hydrogen-bond acceptors (Lipinski definition) is 6. The summed E-state index contributed by atoms with van der Waals surface area (Å²) in [7, 11) is -4.59. The first-order chi connectivity index (χ1) is 12.4. The van der Waals surface area contributed by atoms with Crippen molar-refractivity contribution in [2.45, 2.75) is 13.8 Å². The predicted octanol–water partition coefficient (Wildman–Crippen LogP) is 4.44. The van der Waals surface area contributed by atoms with Gasteiger partial charge in [0.25, 0.3) is 0 Å². The first kappa shape index (κ1) is 19.3. The van der Waals surface area contributed by atoms with Crippen molar-refractivity contribution in [3.8, 4) is 12.0 Å². The number of rotatable bonds is 5. The number of phosphoric ester groups is 1. The third-order valence-corrected chi connectivity index (χ3v) is 4.01. The first-order valence-electron chi connectivity index (χ1n) is 7.77. The van der Waals surface area contributed by atoms with Gasteiger partial charge in [-0.05, 0) is 24.3 Å². The molecule has 2 aromatic carbocycles. The molecule has 2 aromatic rings. The van der Waals surface area contributed by atoms with E-state index in [0.29, 0.717) is 0 Å². The van der Waals surface area contributed by atoms with Gasteiger partial charge in [0.15, 0.2) is 0 Å². The summed E-state index contributed by atoms with van der Waals surface area (Å²) >= 11 is 0. The van der Waals surface area contributed by atoms with Gasteiger partial charge in [-0.2, -0.15) is 4.57 Å². The van der Waals surface area contributed by atoms with Crippen molar-refractivity contribution in [2.24, 2.45) is 5.92 Å². The highest BCUT2D eigenvalue weighted by Crippen LogP contribution is 2.50. The summed E-state index contributed by atoms with van der Waals surface area (Å²) in [4.78, 5) is 24.3. The molecule has 0 radical (unpaired) electrons. The molecule has 0 amide bonds. The van der Waals surface area contributed by atoms with Crippen LogP contribution < -0.4 is 0 Å². The van der Waals surface area contributed by atoms with Crippen molar-refractivity contribution >= 4 is 19.8 Å². The molecular weight excluding hydrogens is 355 g/mol. The van der Waals surface area contributed by atoms with E-state index in [1.54, 1.807) is 50.2 Å². The zero-order valence-corrected chi connectivity index (χ0v) is 15.1. The van der Waals surface area contributed by atoms with Crippen LogP contribution in [0.3, 0.4) is 0 Å². The molecule has 0 saturated carbocycles. The Bertz CT molecular complexity index is 808. The minimum atomic E-state index is -4.59. The van der Waals surface area contributed by atoms with Crippen molar-refractivity contribution in [1.29, 1.82) is 0 Å². The van der Waals surface area contributed by atoms with Crippen LogP contribution in [-0.2, 0) is 18.1 Å². The molecule has 0 bridgehead atoms. The fourth-order valence-corrected chi connectivity index (χ4v) is 2.61. The van der Waals surface area contributed by atoms with Crippen molar-refractivity contribution in [3.63, 3.8) is 0 Å². The van der Waals surface area contributed by atoms with Gasteiger partial charge in [0, 0.05) is 5.92 Å². The Morgan fingerprint density at radius 1 is 0.846 bits per heavy atom. The minimum Gasteiger partial charge on any atom is -0.347 e. The van der Waals surface area contributed by atoms with Crippen molar-refractivity contribution in [1.82, 2.24) is 0 Å². The lowest BCUT2D eigenvalue weighted by molar-refractivity contribution is 0.0563. The summed E-state index contributed by atoms with van der Waals surface area (Å²) < 4.78 is 27.3. The Balaban J connectivity index is 2.21. The average molecular weight is 372 g/mol. The summed E-state index contributed by atoms with van der Waals surface area (Å²) in [6, 6.07) is 15.7. The minimum absolute atomic E-state index is 0.0851. The fraction of sp³-hybridized carbons (Fsp3) is 0.158. The number of carbonyl (C=O) groups excluding carboxylic acids is 2. The molecule has 0 saturated heterocycles. The van der Waals surface area contributed by atoms with E-state index in [-0.39, 0.29) is 17.0 Å². The summed E-state index contributed by atoms with van der Waals surface area (Å²) in [6.45, 7) is 3.57. The lowest BCUT2D eigenvalue weighted by atomic mass is 10.2. The third kappa shape index (κ3) is 5.80. The van der Waals surface area contributed by atoms with Gasteiger partial charge in [0.05, 0.1) is 11.1 Å². The Hall–Kier alpha value is -3.03. The average Bonchev–Trinajstić information content (AvgIpc) is 2.62. The van der Waals surface area contributed by atoms with Crippen LogP contribution in [0.25, 0.3) is 0 Å². The molecule has 0 N–H and O–H groups in total. The fourth-order valence-electron chi connectivity index (χ4n) is 1.71. The molecule has 0 spiro atoms. The van der Waals surface area contributed by atoms with Gasteiger partial charge < -0.3 is 13.6 Å². The van der Waals surface area contributed by atoms with E-state index in [4.69, 9.17) is 13.6 Å². The summed E-state index contributed by atoms with van der Waals surface area (Å²) in [5.41, 5.74) is 0.257. The Morgan fingerprint density at radius 3 is 1.65 bits per heavy atom. The van der Waals surface area contributed by atoms with E-state index in [2.05, 4.69) is 12.0 Å². The van der Waals surface area contributed by atoms with Crippen LogP contribution in [0.2, 0.25) is 0 Å². The van der Waals surface area contributed by atoms with Gasteiger partial charge in [0.2, 0.25) is 0 Å². The zero-order valence-electron chi connectivity index (χ0n) is 14.2. The molecule has 26 heavy (non-hydrogen) atoms. The number of phosphoric acid groups is 1. The normalized spacial score (nSPS) is 10.4. The lowest BCUT2D eigenvalue weighted by Crippen LogP contribution is -2.10. The Labute approximate surface area is 151 Å². The van der Waals surface area contributed by atoms with Gasteiger partial charge in [0.1, 0.15) is 6.11 Å². The molecule has 0 aliphatic heterocycles. The smallest absolute Gasteiger partial charge is 0.347 e. The van der Waals surface area contributed by atoms with Crippen LogP contribution in [0.5, 0.6) is 0 Å². The number of hydrogen-bond donors (Lipinski definition) is 0. The van der Waals surface area contributed by atoms with Gasteiger partial charge in [-0.3, -0.25) is 0 Å². The molecule has 0 unspecified atom stereocenters. The molecule has 6 nitrogen and oxygen atoms in total. The molecule has 134 valence electrons. The van der Waals surface area contributed by atoms with Crippen LogP contribution >= 0.6 is 7.82 Å². The van der Waals surface area contributed by atoms with Crippen LogP contribution in [-0.4, -0.2) is 11.9 Å². The van der Waals surface area contributed by atoms with E-state index in [9.17, 15) is 14.2 Å². The summed E-state index contributed by atoms with van der Waals surface area (Å²) in [5, 5.41) is 0. The molecule has 0 heterocycles. The molecule has 2 rings (SSSR count). The highest BCUT2D eigenvalue weighted by Gasteiger charge is 2.37. The maximum absolute atomic E-state index is 12.8. The second-order valence-electron chi connectivity index (χ2n) is 5.43. The van der Waals surface area contributed by atoms with E-state index >= 15 is 0 Å². The monoisotopic (exact) mass is 372 g/mol. The van der Waals surface area contributed by atoms with Crippen molar-refractivity contribution < 1.29 is 27.7 Å². The van der Waals surface area contributed by atoms with Crippen LogP contribution in [0.15, 0.2) is 60.7 Å². The largest absolute Gasteiger partial charge is 0.660 e. The van der Waals surface area contributed by atoms with Crippen molar-refractivity contribution in [2.75, 3.05) is 0 Å². The van der Waals surface area contributed by atoms with Crippen LogP contribution in [0, 0.1) is 17.9 Å². The van der Waals surface area contributed by atoms with E-state index in [1.807, 2.05) is 0 Å². The van der Waals surface area contributed by atoms with Crippen LogP contribution in [0.4, 0.5) is 0 Å². The van der Waals surface area contributed by atoms with Crippen molar-refractivity contribution in [3.05, 3.63) is 71.8 Å². The first-order valence-corrected chi connectivity index (χ1v) is 9.23. The summed E-state index contributed by atoms with van der Waals surface area (Å²) in [5.74, 6) is 0.601. The molecule has 0 atom stereocenters. The zero-order chi connectivity index (χ0) is 19.0. The SMILES string of the molecule is CC(C)C#COP(=O)(OC(=O)c1ccccc1)OC(=O)c1ccccc1.